The molecule has 1 heterocycles. The SMILES string of the molecule is CC(C)c1ccc(-c2[nH]c3ccc(F)cc3c2C(N)=S)cc1. The second kappa shape index (κ2) is 5.54. The highest BCUT2D eigenvalue weighted by atomic mass is 32.1. The van der Waals surface area contributed by atoms with E-state index >= 15 is 0 Å². The van der Waals surface area contributed by atoms with E-state index in [2.05, 4.69) is 31.0 Å². The lowest BCUT2D eigenvalue weighted by Crippen LogP contribution is -2.10. The Labute approximate surface area is 134 Å². The van der Waals surface area contributed by atoms with Crippen molar-refractivity contribution in [2.45, 2.75) is 19.8 Å². The molecule has 0 bridgehead atoms. The summed E-state index contributed by atoms with van der Waals surface area (Å²) < 4.78 is 13.5. The first-order chi connectivity index (χ1) is 10.5. The van der Waals surface area contributed by atoms with E-state index in [9.17, 15) is 4.39 Å². The molecule has 0 saturated heterocycles. The molecule has 3 aromatic rings. The molecule has 0 aliphatic carbocycles. The maximum atomic E-state index is 13.5. The van der Waals surface area contributed by atoms with Crippen molar-refractivity contribution in [2.75, 3.05) is 0 Å². The summed E-state index contributed by atoms with van der Waals surface area (Å²) in [6.07, 6.45) is 0. The highest BCUT2D eigenvalue weighted by molar-refractivity contribution is 7.80. The standard InChI is InChI=1S/C18H17FN2S/c1-10(2)11-3-5-12(6-4-11)17-16(18(20)22)14-9-13(19)7-8-15(14)21-17/h3-10,21H,1-2H3,(H2,20,22). The monoisotopic (exact) mass is 312 g/mol. The molecule has 0 amide bonds. The van der Waals surface area contributed by atoms with E-state index in [0.717, 1.165) is 22.2 Å². The van der Waals surface area contributed by atoms with Gasteiger partial charge in [-0.2, -0.15) is 0 Å². The van der Waals surface area contributed by atoms with Crippen molar-refractivity contribution in [1.82, 2.24) is 4.98 Å². The number of benzene rings is 2. The first-order valence-corrected chi connectivity index (χ1v) is 7.59. The van der Waals surface area contributed by atoms with E-state index in [1.165, 1.54) is 17.7 Å². The van der Waals surface area contributed by atoms with Crippen LogP contribution in [0.25, 0.3) is 22.2 Å². The molecular weight excluding hydrogens is 295 g/mol. The van der Waals surface area contributed by atoms with Gasteiger partial charge in [0.05, 0.1) is 5.69 Å². The molecule has 0 unspecified atom stereocenters. The Hall–Kier alpha value is -2.20. The summed E-state index contributed by atoms with van der Waals surface area (Å²) in [5, 5.41) is 0.718. The van der Waals surface area contributed by atoms with Crippen molar-refractivity contribution in [1.29, 1.82) is 0 Å². The van der Waals surface area contributed by atoms with Crippen molar-refractivity contribution < 1.29 is 4.39 Å². The third kappa shape index (κ3) is 2.50. The molecule has 0 saturated carbocycles. The number of H-pyrrole nitrogens is 1. The van der Waals surface area contributed by atoms with Crippen LogP contribution >= 0.6 is 12.2 Å². The van der Waals surface area contributed by atoms with Gasteiger partial charge in [0.1, 0.15) is 10.8 Å². The lowest BCUT2D eigenvalue weighted by atomic mass is 9.99. The van der Waals surface area contributed by atoms with Gasteiger partial charge in [0.2, 0.25) is 0 Å². The summed E-state index contributed by atoms with van der Waals surface area (Å²) in [6, 6.07) is 12.9. The Kier molecular flexibility index (Phi) is 3.71. The molecule has 0 aliphatic rings. The van der Waals surface area contributed by atoms with Crippen molar-refractivity contribution in [3.05, 3.63) is 59.4 Å². The average molecular weight is 312 g/mol. The van der Waals surface area contributed by atoms with Crippen molar-refractivity contribution in [2.24, 2.45) is 5.73 Å². The number of aromatic nitrogens is 1. The molecule has 3 rings (SSSR count). The minimum absolute atomic E-state index is 0.264. The van der Waals surface area contributed by atoms with Crippen LogP contribution in [-0.4, -0.2) is 9.97 Å². The zero-order valence-electron chi connectivity index (χ0n) is 12.5. The average Bonchev–Trinajstić information content (AvgIpc) is 2.85. The highest BCUT2D eigenvalue weighted by Gasteiger charge is 2.16. The number of aromatic amines is 1. The Morgan fingerprint density at radius 2 is 1.82 bits per heavy atom. The smallest absolute Gasteiger partial charge is 0.123 e. The summed E-state index contributed by atoms with van der Waals surface area (Å²) in [7, 11) is 0. The number of fused-ring (bicyclic) bond motifs is 1. The molecule has 0 fully saturated rings. The molecule has 0 aliphatic heterocycles. The molecule has 1 aromatic heterocycles. The highest BCUT2D eigenvalue weighted by Crippen LogP contribution is 2.31. The number of nitrogens with one attached hydrogen (secondary N) is 1. The maximum Gasteiger partial charge on any atom is 0.123 e. The number of thiocarbonyl (C=S) groups is 1. The number of rotatable bonds is 3. The van der Waals surface area contributed by atoms with E-state index in [4.69, 9.17) is 18.0 Å². The second-order valence-corrected chi connectivity index (χ2v) is 6.15. The summed E-state index contributed by atoms with van der Waals surface area (Å²) in [6.45, 7) is 4.31. The molecule has 0 radical (unpaired) electrons. The lowest BCUT2D eigenvalue weighted by Gasteiger charge is -2.07. The molecule has 22 heavy (non-hydrogen) atoms. The molecule has 2 nitrogen and oxygen atoms in total. The molecule has 112 valence electrons. The fourth-order valence-electron chi connectivity index (χ4n) is 2.67. The first kappa shape index (κ1) is 14.7. The van der Waals surface area contributed by atoms with Crippen molar-refractivity contribution >= 4 is 28.1 Å². The number of hydrogen-bond donors (Lipinski definition) is 2. The second-order valence-electron chi connectivity index (χ2n) is 5.71. The Bertz CT molecular complexity index is 847. The normalized spacial score (nSPS) is 11.3. The number of nitrogens with two attached hydrogens (primary N) is 1. The fraction of sp³-hybridized carbons (Fsp3) is 0.167. The van der Waals surface area contributed by atoms with Gasteiger partial charge in [-0.1, -0.05) is 50.3 Å². The van der Waals surface area contributed by atoms with Crippen molar-refractivity contribution in [3.63, 3.8) is 0 Å². The molecule has 3 N–H and O–H groups in total. The molecule has 4 heteroatoms. The fourth-order valence-corrected chi connectivity index (χ4v) is 2.88. The van der Waals surface area contributed by atoms with E-state index in [1.54, 1.807) is 6.07 Å². The third-order valence-corrected chi connectivity index (χ3v) is 4.08. The molecule has 0 atom stereocenters. The van der Waals surface area contributed by atoms with Gasteiger partial charge in [-0.25, -0.2) is 4.39 Å². The summed E-state index contributed by atoms with van der Waals surface area (Å²) >= 11 is 5.18. The van der Waals surface area contributed by atoms with Crippen molar-refractivity contribution in [3.8, 4) is 11.3 Å². The van der Waals surface area contributed by atoms with Crippen LogP contribution in [0.1, 0.15) is 30.9 Å². The van der Waals surface area contributed by atoms with Crippen LogP contribution in [0.3, 0.4) is 0 Å². The van der Waals surface area contributed by atoms with Gasteiger partial charge >= 0.3 is 0 Å². The molecular formula is C18H17FN2S. The van der Waals surface area contributed by atoms with Gasteiger partial charge in [0.25, 0.3) is 0 Å². The number of hydrogen-bond acceptors (Lipinski definition) is 1. The Morgan fingerprint density at radius 1 is 1.14 bits per heavy atom. The van der Waals surface area contributed by atoms with Crippen LogP contribution in [0.5, 0.6) is 0 Å². The molecule has 2 aromatic carbocycles. The van der Waals surface area contributed by atoms with E-state index in [1.807, 2.05) is 12.1 Å². The van der Waals surface area contributed by atoms with Crippen LogP contribution in [-0.2, 0) is 0 Å². The predicted octanol–water partition coefficient (Wildman–Crippen LogP) is 4.73. The first-order valence-electron chi connectivity index (χ1n) is 7.18. The minimum Gasteiger partial charge on any atom is -0.389 e. The Morgan fingerprint density at radius 3 is 2.41 bits per heavy atom. The number of halogens is 1. The van der Waals surface area contributed by atoms with Gasteiger partial charge in [-0.05, 0) is 35.2 Å². The summed E-state index contributed by atoms with van der Waals surface area (Å²) in [5.74, 6) is 0.173. The predicted molar refractivity (Wildman–Crippen MR) is 93.7 cm³/mol. The van der Waals surface area contributed by atoms with Crippen LogP contribution in [0.2, 0.25) is 0 Å². The van der Waals surface area contributed by atoms with Gasteiger partial charge in [0.15, 0.2) is 0 Å². The summed E-state index contributed by atoms with van der Waals surface area (Å²) in [4.78, 5) is 3.57. The van der Waals surface area contributed by atoms with Gasteiger partial charge in [-0.3, -0.25) is 0 Å². The molecule has 0 spiro atoms. The minimum atomic E-state index is -0.300. The summed E-state index contributed by atoms with van der Waals surface area (Å²) in [5.41, 5.74) is 10.5. The lowest BCUT2D eigenvalue weighted by molar-refractivity contribution is 0.629. The third-order valence-electron chi connectivity index (χ3n) is 3.87. The zero-order valence-corrected chi connectivity index (χ0v) is 13.3. The van der Waals surface area contributed by atoms with E-state index < -0.39 is 0 Å². The largest absolute Gasteiger partial charge is 0.389 e. The van der Waals surface area contributed by atoms with Gasteiger partial charge in [0, 0.05) is 16.5 Å². The van der Waals surface area contributed by atoms with Gasteiger partial charge in [-0.15, -0.1) is 0 Å². The maximum absolute atomic E-state index is 13.5. The van der Waals surface area contributed by atoms with Crippen LogP contribution < -0.4 is 5.73 Å². The van der Waals surface area contributed by atoms with Gasteiger partial charge < -0.3 is 10.7 Å². The topological polar surface area (TPSA) is 41.8 Å². The zero-order chi connectivity index (χ0) is 15.9. The quantitative estimate of drug-likeness (QED) is 0.686. The van der Waals surface area contributed by atoms with Crippen LogP contribution in [0.4, 0.5) is 4.39 Å². The Balaban J connectivity index is 2.21. The van der Waals surface area contributed by atoms with Crippen LogP contribution in [0.15, 0.2) is 42.5 Å². The van der Waals surface area contributed by atoms with E-state index in [0.29, 0.717) is 11.5 Å². The van der Waals surface area contributed by atoms with Crippen LogP contribution in [0, 0.1) is 5.82 Å². The van der Waals surface area contributed by atoms with E-state index in [-0.39, 0.29) is 10.8 Å².